The number of benzene rings is 1. The molecule has 0 amide bonds. The zero-order valence-electron chi connectivity index (χ0n) is 7.08. The summed E-state index contributed by atoms with van der Waals surface area (Å²) >= 11 is 1.84. The normalized spacial score (nSPS) is 22.5. The monoisotopic (exact) mass is 184 g/mol. The third-order valence-corrected chi connectivity index (χ3v) is 3.68. The lowest BCUT2D eigenvalue weighted by Gasteiger charge is -2.08. The number of hydrogen-bond donors (Lipinski definition) is 0. The molecule has 2 aliphatic rings. The summed E-state index contributed by atoms with van der Waals surface area (Å²) in [7, 11) is 0. The first-order chi connectivity index (χ1) is 6.45. The Hall–Kier alpha value is -1.13. The minimum absolute atomic E-state index is 0.572. The Morgan fingerprint density at radius 1 is 1.31 bits per heavy atom. The number of hydrogen-bond acceptors (Lipinski definition) is 1. The van der Waals surface area contributed by atoms with Crippen molar-refractivity contribution in [3.8, 4) is 0 Å². The molecule has 0 nitrogen and oxygen atoms in total. The highest BCUT2D eigenvalue weighted by Crippen LogP contribution is 2.50. The second kappa shape index (κ2) is 2.68. The van der Waals surface area contributed by atoms with E-state index in [2.05, 4.69) is 41.8 Å². The van der Waals surface area contributed by atoms with Gasteiger partial charge in [-0.05, 0) is 24.1 Å². The van der Waals surface area contributed by atoms with Crippen molar-refractivity contribution in [2.75, 3.05) is 0 Å². The first kappa shape index (κ1) is 7.29. The average molecular weight is 184 g/mol. The lowest BCUT2D eigenvalue weighted by molar-refractivity contribution is 0.843. The molecule has 1 atom stereocenters. The summed E-state index contributed by atoms with van der Waals surface area (Å²) in [6.07, 6.45) is 3.17. The molecule has 0 N–H and O–H groups in total. The zero-order chi connectivity index (χ0) is 8.67. The van der Waals surface area contributed by atoms with Crippen LogP contribution >= 0.6 is 11.8 Å². The van der Waals surface area contributed by atoms with Crippen LogP contribution in [0.5, 0.6) is 0 Å². The molecule has 0 aromatic heterocycles. The van der Waals surface area contributed by atoms with Gasteiger partial charge in [0.15, 0.2) is 0 Å². The van der Waals surface area contributed by atoms with E-state index < -0.39 is 0 Å². The molecule has 62 valence electrons. The first-order valence-electron chi connectivity index (χ1n) is 4.42. The summed E-state index contributed by atoms with van der Waals surface area (Å²) in [6.45, 7) is 0. The third-order valence-electron chi connectivity index (χ3n) is 2.48. The van der Waals surface area contributed by atoms with E-state index in [0.29, 0.717) is 5.92 Å². The van der Waals surface area contributed by atoms with E-state index in [1.165, 1.54) is 15.4 Å². The predicted octanol–water partition coefficient (Wildman–Crippen LogP) is 3.47. The maximum Gasteiger partial charge on any atom is 0.0478 e. The highest BCUT2D eigenvalue weighted by atomic mass is 32.2. The van der Waals surface area contributed by atoms with Crippen LogP contribution in [0, 0.1) is 0 Å². The van der Waals surface area contributed by atoms with Crippen LogP contribution in [-0.2, 0) is 0 Å². The van der Waals surface area contributed by atoms with Crippen LogP contribution in [0.3, 0.4) is 0 Å². The number of allylic oxidation sites excluding steroid dienone is 2. The van der Waals surface area contributed by atoms with Gasteiger partial charge in [0.25, 0.3) is 0 Å². The summed E-state index contributed by atoms with van der Waals surface area (Å²) < 4.78 is 0. The molecule has 0 radical (unpaired) electrons. The van der Waals surface area contributed by atoms with Gasteiger partial charge in [-0.15, -0.1) is 0 Å². The molecular formula is C12H8S. The van der Waals surface area contributed by atoms with Gasteiger partial charge in [0.05, 0.1) is 0 Å². The molecule has 1 heterocycles. The minimum atomic E-state index is 0.572. The van der Waals surface area contributed by atoms with Crippen molar-refractivity contribution in [2.24, 2.45) is 0 Å². The van der Waals surface area contributed by atoms with Crippen LogP contribution in [0.1, 0.15) is 17.9 Å². The molecule has 0 saturated heterocycles. The highest BCUT2D eigenvalue weighted by molar-refractivity contribution is 8.03. The van der Waals surface area contributed by atoms with E-state index in [9.17, 15) is 0 Å². The van der Waals surface area contributed by atoms with E-state index in [1.54, 1.807) is 0 Å². The van der Waals surface area contributed by atoms with Crippen molar-refractivity contribution >= 4 is 11.8 Å². The predicted molar refractivity (Wildman–Crippen MR) is 54.8 cm³/mol. The van der Waals surface area contributed by atoms with E-state index >= 15 is 0 Å². The number of fused-ring (bicyclic) bond motifs is 3. The summed E-state index contributed by atoms with van der Waals surface area (Å²) in [6, 6.07) is 8.62. The standard InChI is InChI=1S/C12H8S/c1-3-7-11-9(5-1)10-6-2-4-8-12(10)13-11/h1-3,5,7,10H,6H2. The zero-order valence-corrected chi connectivity index (χ0v) is 7.90. The lowest BCUT2D eigenvalue weighted by atomic mass is 9.94. The van der Waals surface area contributed by atoms with Crippen LogP contribution in [0.4, 0.5) is 0 Å². The molecule has 0 bridgehead atoms. The van der Waals surface area contributed by atoms with Crippen molar-refractivity contribution in [1.29, 1.82) is 0 Å². The van der Waals surface area contributed by atoms with Crippen molar-refractivity contribution in [3.05, 3.63) is 52.3 Å². The SMILES string of the molecule is C1=C=C2Sc3ccccc3C2CC=1. The fourth-order valence-corrected chi connectivity index (χ4v) is 3.02. The molecule has 1 aliphatic carbocycles. The minimum Gasteiger partial charge on any atom is -0.0844 e. The molecule has 0 spiro atoms. The van der Waals surface area contributed by atoms with Crippen LogP contribution < -0.4 is 0 Å². The van der Waals surface area contributed by atoms with Gasteiger partial charge in [-0.25, -0.2) is 0 Å². The van der Waals surface area contributed by atoms with E-state index in [0.717, 1.165) is 6.42 Å². The Labute approximate surface area is 81.7 Å². The number of rotatable bonds is 0. The van der Waals surface area contributed by atoms with Gasteiger partial charge in [-0.2, -0.15) is 0 Å². The van der Waals surface area contributed by atoms with E-state index in [4.69, 9.17) is 0 Å². The molecule has 1 aromatic rings. The Balaban J connectivity index is 2.22. The van der Waals surface area contributed by atoms with Crippen LogP contribution in [0.15, 0.2) is 51.6 Å². The summed E-state index contributed by atoms with van der Waals surface area (Å²) in [5.74, 6) is 0.572. The Morgan fingerprint density at radius 2 is 2.23 bits per heavy atom. The van der Waals surface area contributed by atoms with E-state index in [-0.39, 0.29) is 0 Å². The maximum atomic E-state index is 3.20. The van der Waals surface area contributed by atoms with Crippen LogP contribution in [0.2, 0.25) is 0 Å². The van der Waals surface area contributed by atoms with Crippen molar-refractivity contribution < 1.29 is 0 Å². The summed E-state index contributed by atoms with van der Waals surface area (Å²) in [5, 5.41) is 0. The topological polar surface area (TPSA) is 0 Å². The molecule has 1 heteroatoms. The first-order valence-corrected chi connectivity index (χ1v) is 5.23. The Bertz CT molecular complexity index is 458. The van der Waals surface area contributed by atoms with Crippen LogP contribution in [-0.4, -0.2) is 0 Å². The number of thioether (sulfide) groups is 1. The smallest absolute Gasteiger partial charge is 0.0478 e. The summed E-state index contributed by atoms with van der Waals surface area (Å²) in [5.41, 5.74) is 7.73. The van der Waals surface area contributed by atoms with Gasteiger partial charge in [0.1, 0.15) is 0 Å². The Kier molecular flexibility index (Phi) is 1.50. The van der Waals surface area contributed by atoms with Gasteiger partial charge < -0.3 is 0 Å². The second-order valence-corrected chi connectivity index (χ2v) is 4.35. The molecule has 1 aromatic carbocycles. The fourth-order valence-electron chi connectivity index (χ4n) is 1.84. The van der Waals surface area contributed by atoms with E-state index in [1.807, 2.05) is 11.8 Å². The van der Waals surface area contributed by atoms with Gasteiger partial charge in [0, 0.05) is 15.7 Å². The lowest BCUT2D eigenvalue weighted by Crippen LogP contribution is -1.94. The molecule has 1 unspecified atom stereocenters. The quantitative estimate of drug-likeness (QED) is 0.556. The second-order valence-electron chi connectivity index (χ2n) is 3.27. The third kappa shape index (κ3) is 1.03. The largest absolute Gasteiger partial charge is 0.0844 e. The maximum absolute atomic E-state index is 3.20. The molecule has 3 rings (SSSR count). The van der Waals surface area contributed by atoms with Gasteiger partial charge in [-0.3, -0.25) is 0 Å². The van der Waals surface area contributed by atoms with Gasteiger partial charge >= 0.3 is 0 Å². The van der Waals surface area contributed by atoms with Crippen molar-refractivity contribution in [1.82, 2.24) is 0 Å². The molecule has 1 aliphatic heterocycles. The Morgan fingerprint density at radius 3 is 3.23 bits per heavy atom. The highest BCUT2D eigenvalue weighted by Gasteiger charge is 2.27. The molecule has 0 saturated carbocycles. The molecular weight excluding hydrogens is 176 g/mol. The fraction of sp³-hybridized carbons (Fsp3) is 0.167. The van der Waals surface area contributed by atoms with Gasteiger partial charge in [-0.1, -0.05) is 41.4 Å². The molecule has 13 heavy (non-hydrogen) atoms. The summed E-state index contributed by atoms with van der Waals surface area (Å²) in [4.78, 5) is 2.73. The van der Waals surface area contributed by atoms with Crippen LogP contribution in [0.25, 0.3) is 0 Å². The van der Waals surface area contributed by atoms with Crippen molar-refractivity contribution in [2.45, 2.75) is 17.2 Å². The molecule has 0 fully saturated rings. The van der Waals surface area contributed by atoms with Gasteiger partial charge in [0.2, 0.25) is 0 Å². The average Bonchev–Trinajstić information content (AvgIpc) is 2.56. The van der Waals surface area contributed by atoms with Crippen molar-refractivity contribution in [3.63, 3.8) is 0 Å².